The van der Waals surface area contributed by atoms with Crippen molar-refractivity contribution in [2.45, 2.75) is 51.8 Å². The number of piperidine rings is 1. The van der Waals surface area contributed by atoms with Gasteiger partial charge in [-0.15, -0.1) is 0 Å². The summed E-state index contributed by atoms with van der Waals surface area (Å²) in [6.45, 7) is 7.29. The van der Waals surface area contributed by atoms with E-state index < -0.39 is 10.0 Å². The van der Waals surface area contributed by atoms with Gasteiger partial charge in [0, 0.05) is 37.9 Å². The van der Waals surface area contributed by atoms with Gasteiger partial charge in [0.25, 0.3) is 0 Å². The standard InChI is InChI=1S/C19H27N3O2S/c1-4-19-20-9-11-22(19)18-6-5-10-21(13-18)25(23,24)14-17-8-7-15(2)16(3)12-17/h7-9,11-12,18H,4-6,10,13-14H2,1-3H3. The molecule has 25 heavy (non-hydrogen) atoms. The Bertz CT molecular complexity index is 842. The van der Waals surface area contributed by atoms with Gasteiger partial charge in [0.2, 0.25) is 10.0 Å². The van der Waals surface area contributed by atoms with Gasteiger partial charge in [-0.05, 0) is 43.4 Å². The first kappa shape index (κ1) is 18.1. The van der Waals surface area contributed by atoms with Crippen LogP contribution in [0.4, 0.5) is 0 Å². The number of nitrogens with zero attached hydrogens (tertiary/aromatic N) is 3. The molecule has 1 aliphatic heterocycles. The lowest BCUT2D eigenvalue weighted by molar-refractivity contribution is 0.263. The molecule has 0 saturated carbocycles. The molecule has 0 spiro atoms. The lowest BCUT2D eigenvalue weighted by Gasteiger charge is -2.33. The summed E-state index contributed by atoms with van der Waals surface area (Å²) in [5, 5.41) is 0. The molecule has 5 nitrogen and oxygen atoms in total. The summed E-state index contributed by atoms with van der Waals surface area (Å²) in [6, 6.07) is 6.09. The summed E-state index contributed by atoms with van der Waals surface area (Å²) in [6.07, 6.45) is 6.53. The van der Waals surface area contributed by atoms with Crippen LogP contribution in [0.2, 0.25) is 0 Å². The van der Waals surface area contributed by atoms with E-state index in [4.69, 9.17) is 0 Å². The maximum Gasteiger partial charge on any atom is 0.218 e. The Morgan fingerprint density at radius 1 is 1.24 bits per heavy atom. The van der Waals surface area contributed by atoms with E-state index in [0.29, 0.717) is 13.1 Å². The second kappa shape index (κ2) is 7.30. The van der Waals surface area contributed by atoms with Crippen molar-refractivity contribution < 1.29 is 8.42 Å². The first-order valence-corrected chi connectivity index (χ1v) is 10.6. The lowest BCUT2D eigenvalue weighted by atomic mass is 10.1. The predicted octanol–water partition coefficient (Wildman–Crippen LogP) is 3.23. The van der Waals surface area contributed by atoms with E-state index in [-0.39, 0.29) is 11.8 Å². The van der Waals surface area contributed by atoms with Crippen molar-refractivity contribution in [3.63, 3.8) is 0 Å². The molecule has 1 saturated heterocycles. The van der Waals surface area contributed by atoms with E-state index in [1.165, 1.54) is 5.56 Å². The van der Waals surface area contributed by atoms with E-state index in [1.807, 2.05) is 38.2 Å². The summed E-state index contributed by atoms with van der Waals surface area (Å²) >= 11 is 0. The topological polar surface area (TPSA) is 55.2 Å². The van der Waals surface area contributed by atoms with Crippen molar-refractivity contribution in [2.75, 3.05) is 13.1 Å². The lowest BCUT2D eigenvalue weighted by Crippen LogP contribution is -2.41. The fraction of sp³-hybridized carbons (Fsp3) is 0.526. The zero-order valence-corrected chi connectivity index (χ0v) is 16.1. The molecule has 1 aromatic heterocycles. The van der Waals surface area contributed by atoms with Crippen LogP contribution in [-0.4, -0.2) is 35.4 Å². The number of hydrogen-bond donors (Lipinski definition) is 0. The van der Waals surface area contributed by atoms with Gasteiger partial charge in [-0.2, -0.15) is 4.31 Å². The molecule has 2 aromatic rings. The van der Waals surface area contributed by atoms with E-state index in [9.17, 15) is 8.42 Å². The molecule has 0 bridgehead atoms. The summed E-state index contributed by atoms with van der Waals surface area (Å²) in [4.78, 5) is 4.38. The Hall–Kier alpha value is -1.66. The molecule has 3 rings (SSSR count). The number of aromatic nitrogens is 2. The van der Waals surface area contributed by atoms with Crippen LogP contribution in [0.5, 0.6) is 0 Å². The average Bonchev–Trinajstić information content (AvgIpc) is 3.07. The molecule has 136 valence electrons. The molecule has 0 N–H and O–H groups in total. The molecule has 2 heterocycles. The normalized spacial score (nSPS) is 19.2. The monoisotopic (exact) mass is 361 g/mol. The first-order valence-electron chi connectivity index (χ1n) is 8.96. The van der Waals surface area contributed by atoms with Crippen LogP contribution in [0.3, 0.4) is 0 Å². The van der Waals surface area contributed by atoms with Crippen molar-refractivity contribution in [3.05, 3.63) is 53.1 Å². The van der Waals surface area contributed by atoms with Crippen molar-refractivity contribution in [3.8, 4) is 0 Å². The van der Waals surface area contributed by atoms with E-state index >= 15 is 0 Å². The maximum absolute atomic E-state index is 12.9. The minimum absolute atomic E-state index is 0.0748. The minimum Gasteiger partial charge on any atom is -0.331 e. The highest BCUT2D eigenvalue weighted by Gasteiger charge is 2.30. The van der Waals surface area contributed by atoms with Gasteiger partial charge in [-0.25, -0.2) is 13.4 Å². The van der Waals surface area contributed by atoms with Gasteiger partial charge in [-0.1, -0.05) is 25.1 Å². The zero-order chi connectivity index (χ0) is 18.0. The van der Waals surface area contributed by atoms with Crippen LogP contribution in [0.15, 0.2) is 30.6 Å². The molecule has 0 amide bonds. The molecule has 6 heteroatoms. The van der Waals surface area contributed by atoms with Crippen molar-refractivity contribution >= 4 is 10.0 Å². The van der Waals surface area contributed by atoms with Crippen molar-refractivity contribution in [1.82, 2.24) is 13.9 Å². The molecule has 0 aliphatic carbocycles. The highest BCUT2D eigenvalue weighted by atomic mass is 32.2. The predicted molar refractivity (Wildman–Crippen MR) is 100.0 cm³/mol. The van der Waals surface area contributed by atoms with Crippen LogP contribution < -0.4 is 0 Å². The first-order chi connectivity index (χ1) is 11.9. The van der Waals surface area contributed by atoms with Crippen molar-refractivity contribution in [2.24, 2.45) is 0 Å². The van der Waals surface area contributed by atoms with Crippen LogP contribution in [0.25, 0.3) is 0 Å². The Kier molecular flexibility index (Phi) is 5.29. The number of aryl methyl sites for hydroxylation is 3. The Morgan fingerprint density at radius 3 is 2.76 bits per heavy atom. The molecule has 1 atom stereocenters. The second-order valence-corrected chi connectivity index (χ2v) is 8.90. The van der Waals surface area contributed by atoms with Crippen LogP contribution >= 0.6 is 0 Å². The quantitative estimate of drug-likeness (QED) is 0.821. The smallest absolute Gasteiger partial charge is 0.218 e. The van der Waals surface area contributed by atoms with Crippen LogP contribution in [-0.2, 0) is 22.2 Å². The fourth-order valence-corrected chi connectivity index (χ4v) is 5.14. The van der Waals surface area contributed by atoms with Gasteiger partial charge in [0.15, 0.2) is 0 Å². The molecule has 1 aliphatic rings. The highest BCUT2D eigenvalue weighted by Crippen LogP contribution is 2.26. The Morgan fingerprint density at radius 2 is 2.04 bits per heavy atom. The Labute approximate surface area is 150 Å². The number of benzene rings is 1. The summed E-state index contributed by atoms with van der Waals surface area (Å²) in [7, 11) is -3.31. The SMILES string of the molecule is CCc1nccn1C1CCCN(S(=O)(=O)Cc2ccc(C)c(C)c2)C1. The fourth-order valence-electron chi connectivity index (χ4n) is 3.55. The van der Waals surface area contributed by atoms with Gasteiger partial charge in [0.05, 0.1) is 5.75 Å². The molecule has 1 unspecified atom stereocenters. The number of hydrogen-bond acceptors (Lipinski definition) is 3. The Balaban J connectivity index is 1.76. The van der Waals surface area contributed by atoms with E-state index in [2.05, 4.69) is 16.5 Å². The number of imidazole rings is 1. The average molecular weight is 362 g/mol. The molecular formula is C19H27N3O2S. The zero-order valence-electron chi connectivity index (χ0n) is 15.3. The second-order valence-electron chi connectivity index (χ2n) is 6.93. The molecule has 1 fully saturated rings. The summed E-state index contributed by atoms with van der Waals surface area (Å²) in [5.74, 6) is 1.10. The maximum atomic E-state index is 12.9. The van der Waals surface area contributed by atoms with Gasteiger partial charge >= 0.3 is 0 Å². The molecule has 0 radical (unpaired) electrons. The highest BCUT2D eigenvalue weighted by molar-refractivity contribution is 7.88. The van der Waals surface area contributed by atoms with Gasteiger partial charge in [-0.3, -0.25) is 0 Å². The third-order valence-corrected chi connectivity index (χ3v) is 6.95. The van der Waals surface area contributed by atoms with Crippen LogP contribution in [0, 0.1) is 13.8 Å². The summed E-state index contributed by atoms with van der Waals surface area (Å²) in [5.41, 5.74) is 3.18. The number of sulfonamides is 1. The summed E-state index contributed by atoms with van der Waals surface area (Å²) < 4.78 is 29.7. The van der Waals surface area contributed by atoms with E-state index in [1.54, 1.807) is 10.5 Å². The van der Waals surface area contributed by atoms with Gasteiger partial charge < -0.3 is 4.57 Å². The van der Waals surface area contributed by atoms with Gasteiger partial charge in [0.1, 0.15) is 5.82 Å². The third kappa shape index (κ3) is 3.96. The molecule has 1 aromatic carbocycles. The van der Waals surface area contributed by atoms with Crippen molar-refractivity contribution in [1.29, 1.82) is 0 Å². The van der Waals surface area contributed by atoms with E-state index in [0.717, 1.165) is 36.2 Å². The third-order valence-electron chi connectivity index (χ3n) is 5.13. The minimum atomic E-state index is -3.31. The molecular weight excluding hydrogens is 334 g/mol. The van der Waals surface area contributed by atoms with Crippen LogP contribution in [0.1, 0.15) is 48.3 Å². The largest absolute Gasteiger partial charge is 0.331 e. The number of rotatable bonds is 5.